The lowest BCUT2D eigenvalue weighted by atomic mass is 10.1. The molecule has 0 aromatic heterocycles. The number of anilines is 1. The van der Waals surface area contributed by atoms with Gasteiger partial charge in [0.1, 0.15) is 0 Å². The van der Waals surface area contributed by atoms with Crippen LogP contribution in [0.25, 0.3) is 0 Å². The molecule has 21 heavy (non-hydrogen) atoms. The topological polar surface area (TPSA) is 24.5 Å². The lowest BCUT2D eigenvalue weighted by Gasteiger charge is -2.26. The second-order valence-corrected chi connectivity index (χ2v) is 7.08. The molecule has 3 nitrogen and oxygen atoms in total. The molecule has 0 saturated heterocycles. The fourth-order valence-electron chi connectivity index (χ4n) is 2.13. The predicted molar refractivity (Wildman–Crippen MR) is 92.1 cm³/mol. The molecule has 1 aromatic carbocycles. The van der Waals surface area contributed by atoms with Crippen LogP contribution in [0.3, 0.4) is 0 Å². The Morgan fingerprint density at radius 1 is 1.24 bits per heavy atom. The van der Waals surface area contributed by atoms with E-state index in [1.165, 1.54) is 16.8 Å². The predicted octanol–water partition coefficient (Wildman–Crippen LogP) is 3.74. The molecule has 0 aliphatic carbocycles. The molecule has 0 atom stereocenters. The van der Waals surface area contributed by atoms with E-state index in [0.717, 1.165) is 19.7 Å². The number of benzene rings is 1. The number of nitrogens with one attached hydrogen (secondary N) is 1. The summed E-state index contributed by atoms with van der Waals surface area (Å²) in [6, 6.07) is 6.66. The van der Waals surface area contributed by atoms with Crippen LogP contribution in [0.2, 0.25) is 0 Å². The quantitative estimate of drug-likeness (QED) is 0.828. The first kappa shape index (κ1) is 18.0. The minimum atomic E-state index is 0.125. The van der Waals surface area contributed by atoms with Gasteiger partial charge < -0.3 is 15.0 Å². The molecule has 0 fully saturated rings. The highest BCUT2D eigenvalue weighted by atomic mass is 16.5. The van der Waals surface area contributed by atoms with E-state index >= 15 is 0 Å². The molecular weight excluding hydrogens is 260 g/mol. The summed E-state index contributed by atoms with van der Waals surface area (Å²) < 4.78 is 5.65. The fraction of sp³-hybridized carbons (Fsp3) is 0.667. The molecule has 3 heteroatoms. The van der Waals surface area contributed by atoms with Gasteiger partial charge in [-0.25, -0.2) is 0 Å². The molecule has 120 valence electrons. The molecule has 0 heterocycles. The third kappa shape index (κ3) is 6.96. The number of likely N-dealkylation sites (N-methyl/N-ethyl adjacent to an activating group) is 1. The molecule has 0 radical (unpaired) electrons. The summed E-state index contributed by atoms with van der Waals surface area (Å²) in [5.74, 6) is 0. The number of rotatable bonds is 7. The number of hydrogen-bond acceptors (Lipinski definition) is 3. The van der Waals surface area contributed by atoms with Gasteiger partial charge >= 0.3 is 0 Å². The van der Waals surface area contributed by atoms with Crippen LogP contribution in [-0.4, -0.2) is 31.8 Å². The zero-order chi connectivity index (χ0) is 16.0. The summed E-state index contributed by atoms with van der Waals surface area (Å²) in [5.41, 5.74) is 4.05. The van der Waals surface area contributed by atoms with E-state index in [-0.39, 0.29) is 5.54 Å². The second-order valence-electron chi connectivity index (χ2n) is 7.08. The Labute approximate surface area is 130 Å². The normalized spacial score (nSPS) is 12.0. The van der Waals surface area contributed by atoms with Gasteiger partial charge in [-0.05, 0) is 53.2 Å². The lowest BCUT2D eigenvalue weighted by molar-refractivity contribution is 0.0846. The maximum atomic E-state index is 5.65. The molecule has 0 amide bonds. The van der Waals surface area contributed by atoms with Gasteiger partial charge in [0.2, 0.25) is 0 Å². The summed E-state index contributed by atoms with van der Waals surface area (Å²) in [6.45, 7) is 15.4. The van der Waals surface area contributed by atoms with E-state index in [1.54, 1.807) is 0 Å². The molecule has 0 aliphatic rings. The molecule has 0 saturated carbocycles. The van der Waals surface area contributed by atoms with Gasteiger partial charge in [0.05, 0.1) is 12.7 Å². The Kier molecular flexibility index (Phi) is 6.69. The third-order valence-corrected chi connectivity index (χ3v) is 3.33. The van der Waals surface area contributed by atoms with Crippen LogP contribution in [0.4, 0.5) is 5.69 Å². The van der Waals surface area contributed by atoms with Crippen molar-refractivity contribution in [3.63, 3.8) is 0 Å². The molecule has 0 bridgehead atoms. The highest BCUT2D eigenvalue weighted by Gasteiger charge is 2.12. The summed E-state index contributed by atoms with van der Waals surface area (Å²) >= 11 is 0. The fourth-order valence-corrected chi connectivity index (χ4v) is 2.13. The van der Waals surface area contributed by atoms with Gasteiger partial charge in [-0.3, -0.25) is 0 Å². The van der Waals surface area contributed by atoms with Crippen LogP contribution in [0.1, 0.15) is 45.7 Å². The first-order chi connectivity index (χ1) is 9.69. The third-order valence-electron chi connectivity index (χ3n) is 3.33. The van der Waals surface area contributed by atoms with Gasteiger partial charge in [-0.2, -0.15) is 0 Å². The van der Waals surface area contributed by atoms with Crippen molar-refractivity contribution in [2.45, 2.75) is 59.7 Å². The molecular formula is C18H32N2O. The largest absolute Gasteiger partial charge is 0.377 e. The minimum absolute atomic E-state index is 0.125. The number of aryl methyl sites for hydroxylation is 1. The van der Waals surface area contributed by atoms with Crippen molar-refractivity contribution >= 4 is 5.69 Å². The van der Waals surface area contributed by atoms with Crippen LogP contribution < -0.4 is 10.2 Å². The minimum Gasteiger partial charge on any atom is -0.377 e. The van der Waals surface area contributed by atoms with E-state index in [2.05, 4.69) is 77.0 Å². The summed E-state index contributed by atoms with van der Waals surface area (Å²) in [5, 5.41) is 3.58. The summed E-state index contributed by atoms with van der Waals surface area (Å²) in [7, 11) is 2.13. The van der Waals surface area contributed by atoms with Crippen LogP contribution >= 0.6 is 0 Å². The highest BCUT2D eigenvalue weighted by molar-refractivity contribution is 5.54. The van der Waals surface area contributed by atoms with E-state index in [9.17, 15) is 0 Å². The highest BCUT2D eigenvalue weighted by Crippen LogP contribution is 2.21. The maximum absolute atomic E-state index is 5.65. The number of hydrogen-bond donors (Lipinski definition) is 1. The van der Waals surface area contributed by atoms with E-state index in [4.69, 9.17) is 4.74 Å². The van der Waals surface area contributed by atoms with Crippen molar-refractivity contribution in [3.8, 4) is 0 Å². The SMILES string of the molecule is Cc1ccc(N(C)CCOC(C)C)c(CNC(C)(C)C)c1. The molecule has 0 spiro atoms. The van der Waals surface area contributed by atoms with Crippen molar-refractivity contribution in [2.24, 2.45) is 0 Å². The molecule has 1 rings (SSSR count). The van der Waals surface area contributed by atoms with Gasteiger partial charge in [-0.1, -0.05) is 17.7 Å². The van der Waals surface area contributed by atoms with Gasteiger partial charge in [0.25, 0.3) is 0 Å². The lowest BCUT2D eigenvalue weighted by Crippen LogP contribution is -2.35. The molecule has 0 aliphatic heterocycles. The van der Waals surface area contributed by atoms with Gasteiger partial charge in [0.15, 0.2) is 0 Å². The number of ether oxygens (including phenoxy) is 1. The first-order valence-electron chi connectivity index (χ1n) is 7.86. The maximum Gasteiger partial charge on any atom is 0.0644 e. The summed E-state index contributed by atoms with van der Waals surface area (Å²) in [4.78, 5) is 2.28. The van der Waals surface area contributed by atoms with Crippen molar-refractivity contribution < 1.29 is 4.74 Å². The van der Waals surface area contributed by atoms with Crippen LogP contribution in [0.15, 0.2) is 18.2 Å². The Morgan fingerprint density at radius 2 is 1.90 bits per heavy atom. The smallest absolute Gasteiger partial charge is 0.0644 e. The van der Waals surface area contributed by atoms with Crippen molar-refractivity contribution in [2.75, 3.05) is 25.1 Å². The van der Waals surface area contributed by atoms with Gasteiger partial charge in [-0.15, -0.1) is 0 Å². The first-order valence-corrected chi connectivity index (χ1v) is 7.86. The van der Waals surface area contributed by atoms with Crippen LogP contribution in [-0.2, 0) is 11.3 Å². The average Bonchev–Trinajstić information content (AvgIpc) is 2.35. The molecule has 1 aromatic rings. The van der Waals surface area contributed by atoms with E-state index in [1.807, 2.05) is 0 Å². The Balaban J connectivity index is 2.75. The zero-order valence-electron chi connectivity index (χ0n) is 14.8. The molecule has 0 unspecified atom stereocenters. The Hall–Kier alpha value is -1.06. The van der Waals surface area contributed by atoms with Crippen molar-refractivity contribution in [1.29, 1.82) is 0 Å². The zero-order valence-corrected chi connectivity index (χ0v) is 14.8. The van der Waals surface area contributed by atoms with E-state index in [0.29, 0.717) is 6.10 Å². The van der Waals surface area contributed by atoms with Crippen LogP contribution in [0.5, 0.6) is 0 Å². The standard InChI is InChI=1S/C18H32N2O/c1-14(2)21-11-10-20(7)17-9-8-15(3)12-16(17)13-19-18(4,5)6/h8-9,12,14,19H,10-11,13H2,1-7H3. The molecule has 1 N–H and O–H groups in total. The number of nitrogens with zero attached hydrogens (tertiary/aromatic N) is 1. The Morgan fingerprint density at radius 3 is 2.48 bits per heavy atom. The second kappa shape index (κ2) is 7.81. The monoisotopic (exact) mass is 292 g/mol. The van der Waals surface area contributed by atoms with Crippen molar-refractivity contribution in [1.82, 2.24) is 5.32 Å². The van der Waals surface area contributed by atoms with E-state index < -0.39 is 0 Å². The van der Waals surface area contributed by atoms with Gasteiger partial charge in [0, 0.05) is 31.4 Å². The Bertz CT molecular complexity index is 435. The van der Waals surface area contributed by atoms with Crippen molar-refractivity contribution in [3.05, 3.63) is 29.3 Å². The summed E-state index contributed by atoms with van der Waals surface area (Å²) in [6.07, 6.45) is 0.290. The average molecular weight is 292 g/mol. The van der Waals surface area contributed by atoms with Crippen LogP contribution in [0, 0.1) is 6.92 Å².